The van der Waals surface area contributed by atoms with Gasteiger partial charge in [0.2, 0.25) is 0 Å². The van der Waals surface area contributed by atoms with Crippen LogP contribution in [-0.2, 0) is 0 Å². The summed E-state index contributed by atoms with van der Waals surface area (Å²) in [7, 11) is 0. The highest BCUT2D eigenvalue weighted by molar-refractivity contribution is 6.34. The molecule has 0 saturated heterocycles. The van der Waals surface area contributed by atoms with E-state index in [0.29, 0.717) is 11.3 Å². The Morgan fingerprint density at radius 1 is 1.25 bits per heavy atom. The Kier molecular flexibility index (Phi) is 3.90. The lowest BCUT2D eigenvalue weighted by atomic mass is 10.1. The third-order valence-corrected chi connectivity index (χ3v) is 3.12. The molecule has 3 nitrogen and oxygen atoms in total. The van der Waals surface area contributed by atoms with Gasteiger partial charge in [-0.3, -0.25) is 4.79 Å². The average molecular weight is 297 g/mol. The number of nitrogens with two attached hydrogens (primary N) is 1. The fraction of sp³-hybridized carbons (Fsp3) is 0.0714. The maximum Gasteiger partial charge on any atom is 0.261 e. The zero-order valence-electron chi connectivity index (χ0n) is 10.5. The molecule has 0 atom stereocenters. The summed E-state index contributed by atoms with van der Waals surface area (Å²) >= 11 is 5.94. The molecule has 0 saturated carbocycles. The molecule has 20 heavy (non-hydrogen) atoms. The van der Waals surface area contributed by atoms with Gasteiger partial charge < -0.3 is 11.1 Å². The monoisotopic (exact) mass is 296 g/mol. The van der Waals surface area contributed by atoms with Crippen molar-refractivity contribution in [1.29, 1.82) is 0 Å². The number of anilines is 2. The van der Waals surface area contributed by atoms with Gasteiger partial charge in [-0.25, -0.2) is 8.78 Å². The van der Waals surface area contributed by atoms with Crippen molar-refractivity contribution in [2.75, 3.05) is 11.1 Å². The number of aryl methyl sites for hydroxylation is 1. The van der Waals surface area contributed by atoms with Crippen LogP contribution in [0.2, 0.25) is 5.02 Å². The molecule has 0 aliphatic heterocycles. The summed E-state index contributed by atoms with van der Waals surface area (Å²) in [5, 5.41) is 2.68. The number of para-hydroxylation sites is 1. The maximum atomic E-state index is 13.8. The second-order valence-electron chi connectivity index (χ2n) is 4.21. The number of amides is 1. The molecule has 0 heterocycles. The molecule has 0 radical (unpaired) electrons. The maximum absolute atomic E-state index is 13.8. The highest BCUT2D eigenvalue weighted by atomic mass is 35.5. The van der Waals surface area contributed by atoms with Crippen LogP contribution in [0.1, 0.15) is 15.9 Å². The topological polar surface area (TPSA) is 55.1 Å². The van der Waals surface area contributed by atoms with Gasteiger partial charge in [0.05, 0.1) is 16.4 Å². The zero-order chi connectivity index (χ0) is 14.9. The minimum Gasteiger partial charge on any atom is -0.396 e. The molecule has 0 bridgehead atoms. The van der Waals surface area contributed by atoms with Gasteiger partial charge in [-0.2, -0.15) is 0 Å². The predicted molar refractivity (Wildman–Crippen MR) is 74.9 cm³/mol. The van der Waals surface area contributed by atoms with Gasteiger partial charge in [0, 0.05) is 0 Å². The molecule has 2 rings (SSSR count). The minimum absolute atomic E-state index is 0.281. The average Bonchev–Trinajstić information content (AvgIpc) is 2.39. The third kappa shape index (κ3) is 2.58. The van der Waals surface area contributed by atoms with Gasteiger partial charge in [-0.05, 0) is 30.7 Å². The molecule has 0 unspecified atom stereocenters. The summed E-state index contributed by atoms with van der Waals surface area (Å²) in [5.41, 5.74) is 5.28. The number of hydrogen-bond donors (Lipinski definition) is 2. The van der Waals surface area contributed by atoms with E-state index in [9.17, 15) is 13.6 Å². The van der Waals surface area contributed by atoms with Crippen LogP contribution in [0.5, 0.6) is 0 Å². The lowest BCUT2D eigenvalue weighted by molar-refractivity contribution is 0.101. The number of rotatable bonds is 2. The Balaban J connectivity index is 2.41. The number of halogens is 3. The molecule has 0 aliphatic rings. The molecule has 0 aliphatic carbocycles. The number of carbonyl (C=O) groups is 1. The molecule has 0 fully saturated rings. The van der Waals surface area contributed by atoms with Crippen LogP contribution in [0, 0.1) is 18.6 Å². The van der Waals surface area contributed by atoms with Gasteiger partial charge in [-0.1, -0.05) is 23.7 Å². The largest absolute Gasteiger partial charge is 0.396 e. The molecule has 104 valence electrons. The van der Waals surface area contributed by atoms with Crippen LogP contribution in [0.25, 0.3) is 0 Å². The van der Waals surface area contributed by atoms with E-state index in [1.54, 1.807) is 25.1 Å². The van der Waals surface area contributed by atoms with E-state index in [1.807, 2.05) is 0 Å². The van der Waals surface area contributed by atoms with E-state index in [4.69, 9.17) is 17.3 Å². The summed E-state index contributed by atoms with van der Waals surface area (Å²) in [4.78, 5) is 12.0. The Hall–Kier alpha value is -2.14. The molecule has 1 amide bonds. The quantitative estimate of drug-likeness (QED) is 0.829. The van der Waals surface area contributed by atoms with Gasteiger partial charge in [-0.15, -0.1) is 0 Å². The normalized spacial score (nSPS) is 10.4. The highest BCUT2D eigenvalue weighted by Crippen LogP contribution is 2.27. The van der Waals surface area contributed by atoms with Gasteiger partial charge in [0.15, 0.2) is 5.82 Å². The summed E-state index contributed by atoms with van der Waals surface area (Å²) < 4.78 is 27.4. The number of hydrogen-bond acceptors (Lipinski definition) is 2. The van der Waals surface area contributed by atoms with Gasteiger partial charge >= 0.3 is 0 Å². The predicted octanol–water partition coefficient (Wildman–Crippen LogP) is 3.76. The molecular weight excluding hydrogens is 286 g/mol. The van der Waals surface area contributed by atoms with Crippen LogP contribution in [0.4, 0.5) is 20.2 Å². The second kappa shape index (κ2) is 5.46. The van der Waals surface area contributed by atoms with Crippen LogP contribution in [0.3, 0.4) is 0 Å². The molecule has 2 aromatic rings. The molecule has 2 aromatic carbocycles. The highest BCUT2D eigenvalue weighted by Gasteiger charge is 2.20. The summed E-state index contributed by atoms with van der Waals surface area (Å²) in [6.07, 6.45) is 0. The Bertz CT molecular complexity index is 669. The fourth-order valence-electron chi connectivity index (χ4n) is 1.74. The van der Waals surface area contributed by atoms with Crippen molar-refractivity contribution >= 4 is 28.9 Å². The molecular formula is C14H11ClF2N2O. The van der Waals surface area contributed by atoms with Crippen molar-refractivity contribution in [1.82, 2.24) is 0 Å². The van der Waals surface area contributed by atoms with Crippen molar-refractivity contribution in [2.24, 2.45) is 0 Å². The molecule has 6 heteroatoms. The van der Waals surface area contributed by atoms with E-state index < -0.39 is 23.1 Å². The summed E-state index contributed by atoms with van der Waals surface area (Å²) in [6.45, 7) is 1.72. The Morgan fingerprint density at radius 3 is 2.60 bits per heavy atom. The first kappa shape index (κ1) is 14.3. The zero-order valence-corrected chi connectivity index (χ0v) is 11.3. The van der Waals surface area contributed by atoms with Crippen LogP contribution < -0.4 is 11.1 Å². The summed E-state index contributed by atoms with van der Waals surface area (Å²) in [6, 6.07) is 6.98. The Labute approximate surface area is 119 Å². The van der Waals surface area contributed by atoms with E-state index in [2.05, 4.69) is 5.32 Å². The van der Waals surface area contributed by atoms with Crippen molar-refractivity contribution in [3.8, 4) is 0 Å². The van der Waals surface area contributed by atoms with Crippen LogP contribution >= 0.6 is 11.6 Å². The van der Waals surface area contributed by atoms with E-state index >= 15 is 0 Å². The number of nitrogens with one attached hydrogen (secondary N) is 1. The minimum atomic E-state index is -1.09. The van der Waals surface area contributed by atoms with E-state index in [0.717, 1.165) is 12.1 Å². The fourth-order valence-corrected chi connectivity index (χ4v) is 2.01. The molecule has 3 N–H and O–H groups in total. The second-order valence-corrected chi connectivity index (χ2v) is 4.62. The van der Waals surface area contributed by atoms with Crippen molar-refractivity contribution in [3.05, 3.63) is 58.1 Å². The van der Waals surface area contributed by atoms with Crippen LogP contribution in [0.15, 0.2) is 30.3 Å². The number of carbonyl (C=O) groups excluding carboxylic acids is 1. The Morgan fingerprint density at radius 2 is 1.95 bits per heavy atom. The first-order valence-corrected chi connectivity index (χ1v) is 6.09. The smallest absolute Gasteiger partial charge is 0.261 e. The van der Waals surface area contributed by atoms with Crippen molar-refractivity contribution in [3.63, 3.8) is 0 Å². The van der Waals surface area contributed by atoms with Gasteiger partial charge in [0.1, 0.15) is 11.4 Å². The van der Waals surface area contributed by atoms with E-state index in [1.165, 1.54) is 0 Å². The molecule has 0 spiro atoms. The summed E-state index contributed by atoms with van der Waals surface area (Å²) in [5.74, 6) is -3.02. The lowest BCUT2D eigenvalue weighted by Gasteiger charge is -2.11. The van der Waals surface area contributed by atoms with E-state index in [-0.39, 0.29) is 10.7 Å². The standard InChI is InChI=1S/C14H11ClF2N2O/c1-7-3-2-4-8(15)13(7)19-14(20)11-9(16)5-6-10(18)12(11)17/h2-6H,18H2,1H3,(H,19,20). The van der Waals surface area contributed by atoms with Crippen molar-refractivity contribution in [2.45, 2.75) is 6.92 Å². The SMILES string of the molecule is Cc1cccc(Cl)c1NC(=O)c1c(F)ccc(N)c1F. The number of nitrogen functional groups attached to an aromatic ring is 1. The van der Waals surface area contributed by atoms with Crippen molar-refractivity contribution < 1.29 is 13.6 Å². The first-order valence-electron chi connectivity index (χ1n) is 5.71. The number of benzene rings is 2. The lowest BCUT2D eigenvalue weighted by Crippen LogP contribution is -2.17. The molecule has 0 aromatic heterocycles. The van der Waals surface area contributed by atoms with Gasteiger partial charge in [0.25, 0.3) is 5.91 Å². The van der Waals surface area contributed by atoms with Crippen LogP contribution in [-0.4, -0.2) is 5.91 Å². The first-order chi connectivity index (χ1) is 9.41. The third-order valence-electron chi connectivity index (χ3n) is 2.81.